The molecule has 0 saturated carbocycles. The summed E-state index contributed by atoms with van der Waals surface area (Å²) in [6.45, 7) is 9.32. The molecule has 3 heterocycles. The molecule has 2 amide bonds. The van der Waals surface area contributed by atoms with Gasteiger partial charge >= 0.3 is 0 Å². The molecule has 6 heteroatoms. The lowest BCUT2D eigenvalue weighted by atomic mass is 9.72. The standard InChI is InChI=1S/C24H31N3O2S/c1-24(2,3)18-7-8-20-17(14-18)15-21(30-20)23(29)27-12-10-26(11-13-27)22(28)16-19-6-4-5-9-25-19/h4-6,9,15,18H,7-8,10-14,16H2,1-3H3. The van der Waals surface area contributed by atoms with E-state index in [4.69, 9.17) is 0 Å². The van der Waals surface area contributed by atoms with E-state index in [0.29, 0.717) is 43.9 Å². The van der Waals surface area contributed by atoms with Crippen molar-refractivity contribution in [3.63, 3.8) is 0 Å². The Hall–Kier alpha value is -2.21. The second kappa shape index (κ2) is 8.50. The maximum atomic E-state index is 13.1. The fraction of sp³-hybridized carbons (Fsp3) is 0.542. The summed E-state index contributed by atoms with van der Waals surface area (Å²) in [4.78, 5) is 35.9. The fourth-order valence-electron chi connectivity index (χ4n) is 4.45. The number of thiophene rings is 1. The summed E-state index contributed by atoms with van der Waals surface area (Å²) >= 11 is 1.68. The monoisotopic (exact) mass is 425 g/mol. The molecule has 5 nitrogen and oxygen atoms in total. The third-order valence-electron chi connectivity index (χ3n) is 6.50. The highest BCUT2D eigenvalue weighted by molar-refractivity contribution is 7.14. The Morgan fingerprint density at radius 1 is 1.13 bits per heavy atom. The zero-order valence-electron chi connectivity index (χ0n) is 18.2. The Bertz CT molecular complexity index is 908. The minimum absolute atomic E-state index is 0.0839. The van der Waals surface area contributed by atoms with Crippen LogP contribution in [0.2, 0.25) is 0 Å². The van der Waals surface area contributed by atoms with Crippen molar-refractivity contribution in [3.8, 4) is 0 Å². The number of piperazine rings is 1. The highest BCUT2D eigenvalue weighted by Crippen LogP contribution is 2.40. The van der Waals surface area contributed by atoms with Crippen LogP contribution in [0.25, 0.3) is 0 Å². The molecule has 1 saturated heterocycles. The van der Waals surface area contributed by atoms with E-state index in [1.807, 2.05) is 28.0 Å². The van der Waals surface area contributed by atoms with Gasteiger partial charge in [0.15, 0.2) is 0 Å². The zero-order valence-corrected chi connectivity index (χ0v) is 19.0. The second-order valence-corrected chi connectivity index (χ2v) is 10.7. The molecule has 2 aromatic rings. The van der Waals surface area contributed by atoms with Gasteiger partial charge in [0.25, 0.3) is 5.91 Å². The predicted molar refractivity (Wildman–Crippen MR) is 120 cm³/mol. The van der Waals surface area contributed by atoms with Gasteiger partial charge in [-0.3, -0.25) is 14.6 Å². The van der Waals surface area contributed by atoms with Gasteiger partial charge in [-0.2, -0.15) is 0 Å². The highest BCUT2D eigenvalue weighted by atomic mass is 32.1. The van der Waals surface area contributed by atoms with Crippen LogP contribution in [0.5, 0.6) is 0 Å². The first-order valence-electron chi connectivity index (χ1n) is 10.9. The Labute approximate surface area is 183 Å². The largest absolute Gasteiger partial charge is 0.339 e. The molecular formula is C24H31N3O2S. The van der Waals surface area contributed by atoms with Crippen molar-refractivity contribution in [2.75, 3.05) is 26.2 Å². The average Bonchev–Trinajstić information content (AvgIpc) is 3.17. The molecule has 0 radical (unpaired) electrons. The molecule has 0 N–H and O–H groups in total. The van der Waals surface area contributed by atoms with E-state index in [0.717, 1.165) is 23.4 Å². The van der Waals surface area contributed by atoms with Gasteiger partial charge in [0.2, 0.25) is 5.91 Å². The molecule has 1 unspecified atom stereocenters. The lowest BCUT2D eigenvalue weighted by Crippen LogP contribution is -2.50. The van der Waals surface area contributed by atoms with Crippen LogP contribution in [0, 0.1) is 11.3 Å². The van der Waals surface area contributed by atoms with Gasteiger partial charge < -0.3 is 9.80 Å². The minimum Gasteiger partial charge on any atom is -0.339 e. The smallest absolute Gasteiger partial charge is 0.264 e. The first-order valence-corrected chi connectivity index (χ1v) is 11.7. The number of carbonyl (C=O) groups excluding carboxylic acids is 2. The summed E-state index contributed by atoms with van der Waals surface area (Å²) in [7, 11) is 0. The molecule has 0 spiro atoms. The predicted octanol–water partition coefficient (Wildman–Crippen LogP) is 3.82. The molecule has 1 aliphatic carbocycles. The van der Waals surface area contributed by atoms with E-state index < -0.39 is 0 Å². The molecule has 30 heavy (non-hydrogen) atoms. The summed E-state index contributed by atoms with van der Waals surface area (Å²) < 4.78 is 0. The Morgan fingerprint density at radius 3 is 2.53 bits per heavy atom. The number of pyridine rings is 1. The van der Waals surface area contributed by atoms with Crippen LogP contribution in [0.4, 0.5) is 0 Å². The van der Waals surface area contributed by atoms with E-state index in [2.05, 4.69) is 31.8 Å². The van der Waals surface area contributed by atoms with E-state index in [9.17, 15) is 9.59 Å². The Kier molecular flexibility index (Phi) is 5.96. The lowest BCUT2D eigenvalue weighted by molar-refractivity contribution is -0.132. The zero-order chi connectivity index (χ0) is 21.3. The summed E-state index contributed by atoms with van der Waals surface area (Å²) in [6.07, 6.45) is 5.41. The van der Waals surface area contributed by atoms with Crippen molar-refractivity contribution >= 4 is 23.2 Å². The van der Waals surface area contributed by atoms with Gasteiger partial charge in [0.05, 0.1) is 11.3 Å². The average molecular weight is 426 g/mol. The summed E-state index contributed by atoms with van der Waals surface area (Å²) in [5.41, 5.74) is 2.47. The molecule has 1 aliphatic heterocycles. The number of aromatic nitrogens is 1. The molecule has 1 atom stereocenters. The van der Waals surface area contributed by atoms with Crippen LogP contribution in [-0.2, 0) is 24.1 Å². The first kappa shape index (κ1) is 21.0. The maximum absolute atomic E-state index is 13.1. The quantitative estimate of drug-likeness (QED) is 0.751. The molecule has 0 bridgehead atoms. The number of amides is 2. The molecule has 2 aromatic heterocycles. The fourth-order valence-corrected chi connectivity index (χ4v) is 5.63. The van der Waals surface area contributed by atoms with Crippen molar-refractivity contribution in [2.24, 2.45) is 11.3 Å². The third kappa shape index (κ3) is 4.59. The molecule has 1 fully saturated rings. The third-order valence-corrected chi connectivity index (χ3v) is 7.72. The number of aryl methyl sites for hydroxylation is 1. The molecule has 4 rings (SSSR count). The number of hydrogen-bond donors (Lipinski definition) is 0. The number of carbonyl (C=O) groups is 2. The summed E-state index contributed by atoms with van der Waals surface area (Å²) in [5.74, 6) is 0.885. The highest BCUT2D eigenvalue weighted by Gasteiger charge is 2.32. The Balaban J connectivity index is 1.34. The van der Waals surface area contributed by atoms with Gasteiger partial charge in [-0.1, -0.05) is 26.8 Å². The number of rotatable bonds is 3. The van der Waals surface area contributed by atoms with E-state index in [-0.39, 0.29) is 11.8 Å². The van der Waals surface area contributed by atoms with E-state index in [1.165, 1.54) is 16.9 Å². The number of nitrogens with zero attached hydrogens (tertiary/aromatic N) is 3. The summed E-state index contributed by atoms with van der Waals surface area (Å²) in [6, 6.07) is 7.76. The SMILES string of the molecule is CC(C)(C)C1CCc2sc(C(=O)N3CCN(C(=O)Cc4ccccn4)CC3)cc2C1. The van der Waals surface area contributed by atoms with Crippen LogP contribution >= 0.6 is 11.3 Å². The van der Waals surface area contributed by atoms with Gasteiger partial charge in [-0.05, 0) is 54.4 Å². The van der Waals surface area contributed by atoms with E-state index in [1.54, 1.807) is 17.5 Å². The van der Waals surface area contributed by atoms with Gasteiger partial charge in [-0.25, -0.2) is 0 Å². The van der Waals surface area contributed by atoms with Crippen molar-refractivity contribution in [2.45, 2.75) is 46.5 Å². The molecule has 2 aliphatic rings. The van der Waals surface area contributed by atoms with Crippen molar-refractivity contribution in [1.82, 2.24) is 14.8 Å². The summed E-state index contributed by atoms with van der Waals surface area (Å²) in [5, 5.41) is 0. The normalized spacial score (nSPS) is 19.5. The van der Waals surface area contributed by atoms with Crippen LogP contribution < -0.4 is 0 Å². The second-order valence-electron chi connectivity index (χ2n) is 9.54. The van der Waals surface area contributed by atoms with Crippen LogP contribution in [-0.4, -0.2) is 52.8 Å². The van der Waals surface area contributed by atoms with Crippen LogP contribution in [0.15, 0.2) is 30.5 Å². The maximum Gasteiger partial charge on any atom is 0.264 e. The number of fused-ring (bicyclic) bond motifs is 1. The number of hydrogen-bond acceptors (Lipinski definition) is 4. The minimum atomic E-state index is 0.0839. The molecule has 160 valence electrons. The van der Waals surface area contributed by atoms with Crippen LogP contribution in [0.1, 0.15) is 53.0 Å². The van der Waals surface area contributed by atoms with Crippen molar-refractivity contribution < 1.29 is 9.59 Å². The Morgan fingerprint density at radius 2 is 1.87 bits per heavy atom. The van der Waals surface area contributed by atoms with Gasteiger partial charge in [-0.15, -0.1) is 11.3 Å². The van der Waals surface area contributed by atoms with Crippen LogP contribution in [0.3, 0.4) is 0 Å². The molecule has 0 aromatic carbocycles. The van der Waals surface area contributed by atoms with E-state index >= 15 is 0 Å². The topological polar surface area (TPSA) is 53.5 Å². The van der Waals surface area contributed by atoms with Crippen molar-refractivity contribution in [1.29, 1.82) is 0 Å². The molecular weight excluding hydrogens is 394 g/mol. The van der Waals surface area contributed by atoms with Gasteiger partial charge in [0, 0.05) is 42.9 Å². The first-order chi connectivity index (χ1) is 14.3. The van der Waals surface area contributed by atoms with Crippen molar-refractivity contribution in [3.05, 3.63) is 51.5 Å². The lowest BCUT2D eigenvalue weighted by Gasteiger charge is -2.34. The van der Waals surface area contributed by atoms with Gasteiger partial charge in [0.1, 0.15) is 0 Å².